The number of esters is 1. The van der Waals surface area contributed by atoms with Gasteiger partial charge in [0.1, 0.15) is 6.07 Å². The van der Waals surface area contributed by atoms with Crippen LogP contribution < -0.4 is 5.32 Å². The second-order valence-electron chi connectivity index (χ2n) is 6.49. The third-order valence-electron chi connectivity index (χ3n) is 4.52. The molecule has 0 saturated carbocycles. The average molecular weight is 375 g/mol. The topological polar surface area (TPSA) is 95.0 Å². The first-order valence-corrected chi connectivity index (χ1v) is 9.03. The van der Waals surface area contributed by atoms with Crippen LogP contribution in [0.4, 0.5) is 0 Å². The molecule has 28 heavy (non-hydrogen) atoms. The number of amides is 1. The van der Waals surface area contributed by atoms with Crippen molar-refractivity contribution in [3.8, 4) is 17.3 Å². The molecule has 1 atom stereocenters. The molecule has 0 unspecified atom stereocenters. The van der Waals surface area contributed by atoms with Crippen LogP contribution in [0, 0.1) is 11.3 Å². The fraction of sp³-hybridized carbons (Fsp3) is 0.227. The molecule has 0 aliphatic carbocycles. The number of aromatic amines is 1. The van der Waals surface area contributed by atoms with Crippen LogP contribution in [0.5, 0.6) is 0 Å². The quantitative estimate of drug-likeness (QED) is 0.646. The Hall–Kier alpha value is -3.59. The zero-order chi connectivity index (χ0) is 20.1. The van der Waals surface area contributed by atoms with Crippen LogP contribution in [0.2, 0.25) is 0 Å². The summed E-state index contributed by atoms with van der Waals surface area (Å²) in [5.74, 6) is -1.24. The molecule has 0 radical (unpaired) electrons. The summed E-state index contributed by atoms with van der Waals surface area (Å²) in [7, 11) is 0. The molecule has 1 amide bonds. The van der Waals surface area contributed by atoms with E-state index in [1.165, 1.54) is 6.92 Å². The number of nitrogens with zero attached hydrogens (tertiary/aromatic N) is 1. The van der Waals surface area contributed by atoms with E-state index in [1.54, 1.807) is 6.92 Å². The van der Waals surface area contributed by atoms with Crippen molar-refractivity contribution >= 4 is 22.8 Å². The average Bonchev–Trinajstić information content (AvgIpc) is 3.06. The fourth-order valence-electron chi connectivity index (χ4n) is 3.34. The van der Waals surface area contributed by atoms with E-state index in [0.29, 0.717) is 0 Å². The summed E-state index contributed by atoms with van der Waals surface area (Å²) in [4.78, 5) is 27.8. The molecule has 0 fully saturated rings. The minimum absolute atomic E-state index is 0.0177. The normalized spacial score (nSPS) is 12.8. The fourth-order valence-corrected chi connectivity index (χ4v) is 3.34. The Kier molecular flexibility index (Phi) is 5.46. The van der Waals surface area contributed by atoms with E-state index in [1.807, 2.05) is 60.7 Å². The Labute approximate surface area is 163 Å². The lowest BCUT2D eigenvalue weighted by Gasteiger charge is -2.25. The minimum Gasteiger partial charge on any atom is -0.463 e. The Morgan fingerprint density at radius 3 is 2.46 bits per heavy atom. The van der Waals surface area contributed by atoms with Gasteiger partial charge in [-0.1, -0.05) is 48.5 Å². The molecule has 3 rings (SSSR count). The number of hydrogen-bond donors (Lipinski definition) is 2. The molecule has 0 bridgehead atoms. The van der Waals surface area contributed by atoms with Crippen LogP contribution in [-0.4, -0.2) is 29.0 Å². The highest BCUT2D eigenvalue weighted by atomic mass is 16.5. The third-order valence-corrected chi connectivity index (χ3v) is 4.52. The van der Waals surface area contributed by atoms with Gasteiger partial charge in [-0.05, 0) is 24.1 Å². The predicted molar refractivity (Wildman–Crippen MR) is 106 cm³/mol. The van der Waals surface area contributed by atoms with E-state index in [0.717, 1.165) is 27.7 Å². The second kappa shape index (κ2) is 7.97. The standard InChI is InChI=1S/C22H21N3O3/c1-3-28-21(27)22(14-23,25-15(2)26)13-18-17-11-7-8-12-19(17)24-20(18)16-9-5-4-6-10-16/h4-12,24H,3,13H2,1-2H3,(H,25,26)/t22-/m1/s1. The zero-order valence-corrected chi connectivity index (χ0v) is 15.8. The largest absolute Gasteiger partial charge is 0.463 e. The summed E-state index contributed by atoms with van der Waals surface area (Å²) >= 11 is 0. The molecule has 2 aromatic carbocycles. The van der Waals surface area contributed by atoms with Crippen molar-refractivity contribution in [1.82, 2.24) is 10.3 Å². The number of aromatic nitrogens is 1. The second-order valence-corrected chi connectivity index (χ2v) is 6.49. The Bertz CT molecular complexity index is 1050. The SMILES string of the molecule is CCOC(=O)[C@](C#N)(Cc1c(-c2ccccc2)[nH]c2ccccc12)NC(C)=O. The zero-order valence-electron chi connectivity index (χ0n) is 15.8. The van der Waals surface area contributed by atoms with Crippen molar-refractivity contribution in [3.05, 3.63) is 60.2 Å². The number of nitriles is 1. The highest BCUT2D eigenvalue weighted by Crippen LogP contribution is 2.33. The number of para-hydroxylation sites is 1. The lowest BCUT2D eigenvalue weighted by molar-refractivity contribution is -0.150. The van der Waals surface area contributed by atoms with Gasteiger partial charge in [0.05, 0.1) is 6.61 Å². The van der Waals surface area contributed by atoms with Gasteiger partial charge in [-0.3, -0.25) is 4.79 Å². The van der Waals surface area contributed by atoms with Crippen LogP contribution in [0.15, 0.2) is 54.6 Å². The number of fused-ring (bicyclic) bond motifs is 1. The highest BCUT2D eigenvalue weighted by molar-refractivity contribution is 5.95. The lowest BCUT2D eigenvalue weighted by atomic mass is 9.89. The van der Waals surface area contributed by atoms with Gasteiger partial charge < -0.3 is 15.0 Å². The molecule has 2 N–H and O–H groups in total. The number of ether oxygens (including phenoxy) is 1. The molecule has 0 aliphatic rings. The molecule has 0 aliphatic heterocycles. The number of carbonyl (C=O) groups is 2. The predicted octanol–water partition coefficient (Wildman–Crippen LogP) is 3.34. The number of nitrogens with one attached hydrogen (secondary N) is 2. The molecule has 1 aromatic heterocycles. The Morgan fingerprint density at radius 1 is 1.14 bits per heavy atom. The first-order chi connectivity index (χ1) is 13.5. The van der Waals surface area contributed by atoms with Crippen LogP contribution in [0.1, 0.15) is 19.4 Å². The molecule has 6 nitrogen and oxygen atoms in total. The monoisotopic (exact) mass is 375 g/mol. The first kappa shape index (κ1) is 19.2. The summed E-state index contributed by atoms with van der Waals surface area (Å²) < 4.78 is 5.12. The summed E-state index contributed by atoms with van der Waals surface area (Å²) in [6.07, 6.45) is -0.0177. The molecule has 1 heterocycles. The molecule has 142 valence electrons. The Morgan fingerprint density at radius 2 is 1.82 bits per heavy atom. The Balaban J connectivity index is 2.19. The number of benzene rings is 2. The summed E-state index contributed by atoms with van der Waals surface area (Å²) in [5, 5.41) is 13.3. The summed E-state index contributed by atoms with van der Waals surface area (Å²) in [5.41, 5.74) is 1.57. The smallest absolute Gasteiger partial charge is 0.347 e. The van der Waals surface area contributed by atoms with Gasteiger partial charge in [0.15, 0.2) is 0 Å². The van der Waals surface area contributed by atoms with Gasteiger partial charge in [0.25, 0.3) is 0 Å². The number of rotatable bonds is 6. The van der Waals surface area contributed by atoms with Gasteiger partial charge in [0.2, 0.25) is 11.4 Å². The third kappa shape index (κ3) is 3.60. The van der Waals surface area contributed by atoms with Crippen LogP contribution in [0.3, 0.4) is 0 Å². The van der Waals surface area contributed by atoms with E-state index in [-0.39, 0.29) is 13.0 Å². The van der Waals surface area contributed by atoms with Gasteiger partial charge in [0, 0.05) is 29.9 Å². The number of hydrogen-bond acceptors (Lipinski definition) is 4. The van der Waals surface area contributed by atoms with Gasteiger partial charge in [-0.2, -0.15) is 5.26 Å². The van der Waals surface area contributed by atoms with Gasteiger partial charge >= 0.3 is 5.97 Å². The molecular weight excluding hydrogens is 354 g/mol. The summed E-state index contributed by atoms with van der Waals surface area (Å²) in [6, 6.07) is 19.3. The minimum atomic E-state index is -1.81. The van der Waals surface area contributed by atoms with Crippen molar-refractivity contribution in [2.24, 2.45) is 0 Å². The molecule has 6 heteroatoms. The van der Waals surface area contributed by atoms with E-state index < -0.39 is 17.4 Å². The van der Waals surface area contributed by atoms with E-state index >= 15 is 0 Å². The van der Waals surface area contributed by atoms with Crippen LogP contribution in [0.25, 0.3) is 22.2 Å². The van der Waals surface area contributed by atoms with Crippen LogP contribution in [-0.2, 0) is 20.7 Å². The van der Waals surface area contributed by atoms with Crippen molar-refractivity contribution < 1.29 is 14.3 Å². The maximum atomic E-state index is 12.7. The van der Waals surface area contributed by atoms with E-state index in [4.69, 9.17) is 4.74 Å². The van der Waals surface area contributed by atoms with Crippen molar-refractivity contribution in [1.29, 1.82) is 5.26 Å². The first-order valence-electron chi connectivity index (χ1n) is 9.03. The van der Waals surface area contributed by atoms with Crippen molar-refractivity contribution in [2.45, 2.75) is 25.8 Å². The van der Waals surface area contributed by atoms with Crippen molar-refractivity contribution in [3.63, 3.8) is 0 Å². The maximum Gasteiger partial charge on any atom is 0.347 e. The maximum absolute atomic E-state index is 12.7. The highest BCUT2D eigenvalue weighted by Gasteiger charge is 2.43. The van der Waals surface area contributed by atoms with Gasteiger partial charge in [-0.25, -0.2) is 4.79 Å². The molecule has 0 saturated heterocycles. The van der Waals surface area contributed by atoms with Crippen molar-refractivity contribution in [2.75, 3.05) is 6.61 Å². The molecule has 0 spiro atoms. The van der Waals surface area contributed by atoms with Crippen LogP contribution >= 0.6 is 0 Å². The van der Waals surface area contributed by atoms with Gasteiger partial charge in [-0.15, -0.1) is 0 Å². The van der Waals surface area contributed by atoms with E-state index in [9.17, 15) is 14.9 Å². The molecular formula is C22H21N3O3. The number of H-pyrrole nitrogens is 1. The molecule has 3 aromatic rings. The lowest BCUT2D eigenvalue weighted by Crippen LogP contribution is -2.55. The van der Waals surface area contributed by atoms with E-state index in [2.05, 4.69) is 10.3 Å². The number of carbonyl (C=O) groups excluding carboxylic acids is 2. The summed E-state index contributed by atoms with van der Waals surface area (Å²) in [6.45, 7) is 3.05.